The van der Waals surface area contributed by atoms with Crippen molar-refractivity contribution in [2.45, 2.75) is 12.5 Å². The molecule has 0 aliphatic heterocycles. The van der Waals surface area contributed by atoms with Crippen LogP contribution < -0.4 is 4.74 Å². The van der Waals surface area contributed by atoms with Gasteiger partial charge in [0.1, 0.15) is 0 Å². The summed E-state index contributed by atoms with van der Waals surface area (Å²) in [7, 11) is 1.31. The molecule has 106 valence electrons. The summed E-state index contributed by atoms with van der Waals surface area (Å²) < 4.78 is 44.7. The van der Waals surface area contributed by atoms with E-state index in [1.807, 2.05) is 0 Å². The highest BCUT2D eigenvalue weighted by Gasteiger charge is 2.15. The first-order valence-corrected chi connectivity index (χ1v) is 5.97. The highest BCUT2D eigenvalue weighted by atomic mass is 19.2. The Hall–Kier alpha value is -2.01. The van der Waals surface area contributed by atoms with E-state index in [0.717, 1.165) is 12.1 Å². The van der Waals surface area contributed by atoms with Crippen molar-refractivity contribution in [2.24, 2.45) is 0 Å². The number of hydrogen-bond acceptors (Lipinski definition) is 2. The van der Waals surface area contributed by atoms with Gasteiger partial charge < -0.3 is 9.84 Å². The van der Waals surface area contributed by atoms with E-state index in [4.69, 9.17) is 4.74 Å². The van der Waals surface area contributed by atoms with Gasteiger partial charge in [0.15, 0.2) is 23.2 Å². The fraction of sp³-hybridized carbons (Fsp3) is 0.200. The fourth-order valence-electron chi connectivity index (χ4n) is 1.92. The lowest BCUT2D eigenvalue weighted by Gasteiger charge is -2.13. The van der Waals surface area contributed by atoms with Gasteiger partial charge in [0.25, 0.3) is 0 Å². The first-order chi connectivity index (χ1) is 9.52. The number of benzene rings is 2. The van der Waals surface area contributed by atoms with Crippen LogP contribution in [0, 0.1) is 17.5 Å². The Labute approximate surface area is 114 Å². The van der Waals surface area contributed by atoms with Crippen molar-refractivity contribution < 1.29 is 23.0 Å². The number of methoxy groups -OCH3 is 1. The van der Waals surface area contributed by atoms with Crippen LogP contribution in [0.15, 0.2) is 36.4 Å². The smallest absolute Gasteiger partial charge is 0.165 e. The van der Waals surface area contributed by atoms with Crippen LogP contribution in [-0.2, 0) is 6.42 Å². The Balaban J connectivity index is 2.24. The third kappa shape index (κ3) is 2.93. The molecule has 1 atom stereocenters. The van der Waals surface area contributed by atoms with Crippen LogP contribution in [0.5, 0.6) is 5.75 Å². The van der Waals surface area contributed by atoms with E-state index in [9.17, 15) is 18.3 Å². The zero-order valence-corrected chi connectivity index (χ0v) is 10.7. The molecule has 1 N–H and O–H groups in total. The number of aliphatic hydroxyl groups excluding tert-OH is 1. The topological polar surface area (TPSA) is 29.5 Å². The van der Waals surface area contributed by atoms with Crippen LogP contribution in [0.25, 0.3) is 0 Å². The lowest BCUT2D eigenvalue weighted by molar-refractivity contribution is 0.176. The molecule has 2 rings (SSSR count). The lowest BCUT2D eigenvalue weighted by atomic mass is 10.0. The van der Waals surface area contributed by atoms with Crippen molar-refractivity contribution in [3.63, 3.8) is 0 Å². The third-order valence-corrected chi connectivity index (χ3v) is 3.00. The highest BCUT2D eigenvalue weighted by molar-refractivity contribution is 5.32. The van der Waals surface area contributed by atoms with Crippen LogP contribution in [0.4, 0.5) is 13.2 Å². The second-order valence-corrected chi connectivity index (χ2v) is 4.33. The molecule has 0 aliphatic carbocycles. The number of rotatable bonds is 4. The monoisotopic (exact) mass is 282 g/mol. The molecule has 2 aromatic carbocycles. The molecule has 0 fully saturated rings. The van der Waals surface area contributed by atoms with Crippen LogP contribution in [-0.4, -0.2) is 12.2 Å². The molecule has 5 heteroatoms. The largest absolute Gasteiger partial charge is 0.494 e. The van der Waals surface area contributed by atoms with Crippen molar-refractivity contribution in [3.8, 4) is 5.75 Å². The van der Waals surface area contributed by atoms with Gasteiger partial charge in [-0.05, 0) is 29.3 Å². The van der Waals surface area contributed by atoms with Gasteiger partial charge in [0.2, 0.25) is 0 Å². The zero-order valence-electron chi connectivity index (χ0n) is 10.7. The van der Waals surface area contributed by atoms with Gasteiger partial charge in [0.05, 0.1) is 13.2 Å². The quantitative estimate of drug-likeness (QED) is 0.931. The van der Waals surface area contributed by atoms with Gasteiger partial charge in [-0.15, -0.1) is 0 Å². The Bertz CT molecular complexity index is 614. The molecule has 2 aromatic rings. The number of hydrogen-bond donors (Lipinski definition) is 1. The van der Waals surface area contributed by atoms with E-state index in [1.165, 1.54) is 31.4 Å². The minimum Gasteiger partial charge on any atom is -0.494 e. The standard InChI is InChI=1S/C15H13F3O2/c1-20-14-8-9(5-6-11(14)16)13(19)7-10-3-2-4-12(17)15(10)18/h2-6,8,13,19H,7H2,1H3. The van der Waals surface area contributed by atoms with E-state index >= 15 is 0 Å². The Morgan fingerprint density at radius 3 is 2.55 bits per heavy atom. The van der Waals surface area contributed by atoms with E-state index in [-0.39, 0.29) is 17.7 Å². The summed E-state index contributed by atoms with van der Waals surface area (Å²) in [6.45, 7) is 0. The van der Waals surface area contributed by atoms with Gasteiger partial charge >= 0.3 is 0 Å². The van der Waals surface area contributed by atoms with Gasteiger partial charge in [-0.1, -0.05) is 18.2 Å². The molecule has 1 unspecified atom stereocenters. The summed E-state index contributed by atoms with van der Waals surface area (Å²) in [5.41, 5.74) is 0.424. The van der Waals surface area contributed by atoms with Gasteiger partial charge in [0, 0.05) is 6.42 Å². The maximum absolute atomic E-state index is 13.5. The van der Waals surface area contributed by atoms with E-state index < -0.39 is 23.6 Å². The molecule has 0 radical (unpaired) electrons. The van der Waals surface area contributed by atoms with Crippen molar-refractivity contribution in [1.82, 2.24) is 0 Å². The normalized spacial score (nSPS) is 12.2. The summed E-state index contributed by atoms with van der Waals surface area (Å²) in [6, 6.07) is 7.62. The van der Waals surface area contributed by atoms with Gasteiger partial charge in [-0.2, -0.15) is 0 Å². The molecule has 0 heterocycles. The van der Waals surface area contributed by atoms with E-state index in [2.05, 4.69) is 0 Å². The Morgan fingerprint density at radius 1 is 1.10 bits per heavy atom. The molecular weight excluding hydrogens is 269 g/mol. The molecule has 20 heavy (non-hydrogen) atoms. The predicted molar refractivity (Wildman–Crippen MR) is 68.0 cm³/mol. The Morgan fingerprint density at radius 2 is 1.85 bits per heavy atom. The van der Waals surface area contributed by atoms with Gasteiger partial charge in [-0.3, -0.25) is 0 Å². The highest BCUT2D eigenvalue weighted by Crippen LogP contribution is 2.26. The maximum atomic E-state index is 13.5. The number of halogens is 3. The van der Waals surface area contributed by atoms with Crippen LogP contribution in [0.1, 0.15) is 17.2 Å². The number of ether oxygens (including phenoxy) is 1. The van der Waals surface area contributed by atoms with Crippen molar-refractivity contribution in [1.29, 1.82) is 0 Å². The summed E-state index contributed by atoms with van der Waals surface area (Å²) in [6.07, 6.45) is -1.20. The third-order valence-electron chi connectivity index (χ3n) is 3.00. The lowest BCUT2D eigenvalue weighted by Crippen LogP contribution is -2.05. The summed E-state index contributed by atoms with van der Waals surface area (Å²) in [5, 5.41) is 10.0. The number of aliphatic hydroxyl groups is 1. The molecule has 0 aliphatic rings. The Kier molecular flexibility index (Phi) is 4.29. The first kappa shape index (κ1) is 14.4. The molecule has 2 nitrogen and oxygen atoms in total. The van der Waals surface area contributed by atoms with E-state index in [1.54, 1.807) is 0 Å². The zero-order chi connectivity index (χ0) is 14.7. The SMILES string of the molecule is COc1cc(C(O)Cc2cccc(F)c2F)ccc1F. The van der Waals surface area contributed by atoms with E-state index in [0.29, 0.717) is 5.56 Å². The average Bonchev–Trinajstić information content (AvgIpc) is 2.44. The maximum Gasteiger partial charge on any atom is 0.165 e. The van der Waals surface area contributed by atoms with Crippen LogP contribution in [0.3, 0.4) is 0 Å². The summed E-state index contributed by atoms with van der Waals surface area (Å²) in [4.78, 5) is 0. The molecule has 0 aromatic heterocycles. The van der Waals surface area contributed by atoms with Gasteiger partial charge in [-0.25, -0.2) is 13.2 Å². The molecular formula is C15H13F3O2. The molecule has 0 spiro atoms. The summed E-state index contributed by atoms with van der Waals surface area (Å²) in [5.74, 6) is -2.52. The van der Waals surface area contributed by atoms with Crippen molar-refractivity contribution in [2.75, 3.05) is 7.11 Å². The minimum absolute atomic E-state index is 0.0127. The van der Waals surface area contributed by atoms with Crippen molar-refractivity contribution >= 4 is 0 Å². The average molecular weight is 282 g/mol. The van der Waals surface area contributed by atoms with Crippen molar-refractivity contribution in [3.05, 3.63) is 65.0 Å². The predicted octanol–water partition coefficient (Wildman–Crippen LogP) is 3.39. The van der Waals surface area contributed by atoms with Crippen LogP contribution >= 0.6 is 0 Å². The second-order valence-electron chi connectivity index (χ2n) is 4.33. The second kappa shape index (κ2) is 5.96. The minimum atomic E-state index is -1.08. The summed E-state index contributed by atoms with van der Waals surface area (Å²) >= 11 is 0. The molecule has 0 amide bonds. The van der Waals surface area contributed by atoms with Crippen LogP contribution in [0.2, 0.25) is 0 Å². The first-order valence-electron chi connectivity index (χ1n) is 5.97. The molecule has 0 saturated heterocycles. The molecule has 0 saturated carbocycles. The fourth-order valence-corrected chi connectivity index (χ4v) is 1.92. The molecule has 0 bridgehead atoms.